The van der Waals surface area contributed by atoms with Gasteiger partial charge in [-0.25, -0.2) is 13.2 Å². The van der Waals surface area contributed by atoms with Crippen LogP contribution in [0.3, 0.4) is 0 Å². The zero-order valence-corrected chi connectivity index (χ0v) is 15.4. The zero-order chi connectivity index (χ0) is 19.3. The number of hydrogen-bond donors (Lipinski definition) is 1. The maximum Gasteiger partial charge on any atom is 0.337 e. The highest BCUT2D eigenvalue weighted by Crippen LogP contribution is 2.23. The normalized spacial score (nSPS) is 12.3. The topological polar surface area (TPSA) is 85.4 Å². The third-order valence-electron chi connectivity index (χ3n) is 3.95. The van der Waals surface area contributed by atoms with Crippen molar-refractivity contribution in [3.63, 3.8) is 0 Å². The minimum atomic E-state index is -3.92. The molecule has 7 heteroatoms. The van der Waals surface area contributed by atoms with E-state index < -0.39 is 22.0 Å². The number of ether oxygens (including phenoxy) is 1. The molecule has 1 N–H and O–H groups in total. The Kier molecular flexibility index (Phi) is 5.63. The second kappa shape index (κ2) is 8.11. The van der Waals surface area contributed by atoms with Crippen molar-refractivity contribution >= 4 is 16.0 Å². The highest BCUT2D eigenvalue weighted by molar-refractivity contribution is 7.89. The number of rotatable bonds is 6. The van der Waals surface area contributed by atoms with Crippen LogP contribution in [-0.2, 0) is 14.8 Å². The lowest BCUT2D eigenvalue weighted by Crippen LogP contribution is -2.30. The van der Waals surface area contributed by atoms with Crippen molar-refractivity contribution < 1.29 is 17.9 Å². The second-order valence-corrected chi connectivity index (χ2v) is 7.45. The van der Waals surface area contributed by atoms with Crippen molar-refractivity contribution in [3.8, 4) is 0 Å². The summed E-state index contributed by atoms with van der Waals surface area (Å²) in [7, 11) is -2.67. The highest BCUT2D eigenvalue weighted by atomic mass is 32.2. The Balaban J connectivity index is 1.99. The quantitative estimate of drug-likeness (QED) is 0.663. The minimum Gasteiger partial charge on any atom is -0.465 e. The maximum atomic E-state index is 13.0. The second-order valence-electron chi connectivity index (χ2n) is 5.74. The molecule has 0 aliphatic heterocycles. The fourth-order valence-corrected chi connectivity index (χ4v) is 3.87. The van der Waals surface area contributed by atoms with E-state index in [-0.39, 0.29) is 10.5 Å². The molecule has 1 atom stereocenters. The van der Waals surface area contributed by atoms with E-state index >= 15 is 0 Å². The van der Waals surface area contributed by atoms with Crippen LogP contribution in [0.15, 0.2) is 83.9 Å². The van der Waals surface area contributed by atoms with Crippen LogP contribution in [0.25, 0.3) is 0 Å². The first-order valence-corrected chi connectivity index (χ1v) is 9.66. The van der Waals surface area contributed by atoms with Gasteiger partial charge in [0, 0.05) is 6.20 Å². The van der Waals surface area contributed by atoms with E-state index in [0.717, 1.165) is 5.56 Å². The number of carbonyl (C=O) groups excluding carboxylic acids is 1. The van der Waals surface area contributed by atoms with Crippen molar-refractivity contribution in [2.75, 3.05) is 7.11 Å². The smallest absolute Gasteiger partial charge is 0.337 e. The third kappa shape index (κ3) is 4.39. The molecule has 138 valence electrons. The predicted octanol–water partition coefficient (Wildman–Crippen LogP) is 2.94. The number of pyridine rings is 1. The van der Waals surface area contributed by atoms with Crippen LogP contribution in [0.1, 0.15) is 27.7 Å². The van der Waals surface area contributed by atoms with Crippen LogP contribution < -0.4 is 4.72 Å². The van der Waals surface area contributed by atoms with Crippen LogP contribution in [0.2, 0.25) is 0 Å². The minimum absolute atomic E-state index is 0.0257. The summed E-state index contributed by atoms with van der Waals surface area (Å²) in [5, 5.41) is 0. The molecule has 0 aliphatic rings. The molecule has 0 aliphatic carbocycles. The summed E-state index contributed by atoms with van der Waals surface area (Å²) < 4.78 is 33.3. The van der Waals surface area contributed by atoms with E-state index in [2.05, 4.69) is 14.4 Å². The Morgan fingerprint density at radius 3 is 2.41 bits per heavy atom. The predicted molar refractivity (Wildman–Crippen MR) is 101 cm³/mol. The molecule has 0 spiro atoms. The largest absolute Gasteiger partial charge is 0.465 e. The zero-order valence-electron chi connectivity index (χ0n) is 14.6. The van der Waals surface area contributed by atoms with Gasteiger partial charge in [0.1, 0.15) is 0 Å². The number of carbonyl (C=O) groups is 1. The molecule has 2 aromatic carbocycles. The Hall–Kier alpha value is -3.03. The highest BCUT2D eigenvalue weighted by Gasteiger charge is 2.24. The van der Waals surface area contributed by atoms with Crippen molar-refractivity contribution in [3.05, 3.63) is 95.8 Å². The first-order chi connectivity index (χ1) is 13.0. The van der Waals surface area contributed by atoms with Crippen molar-refractivity contribution in [2.24, 2.45) is 0 Å². The number of sulfonamides is 1. The number of benzene rings is 2. The molecule has 1 unspecified atom stereocenters. The molecule has 27 heavy (non-hydrogen) atoms. The molecule has 0 bridgehead atoms. The first kappa shape index (κ1) is 18.8. The van der Waals surface area contributed by atoms with E-state index in [1.54, 1.807) is 24.4 Å². The van der Waals surface area contributed by atoms with Gasteiger partial charge in [0.15, 0.2) is 0 Å². The Morgan fingerprint density at radius 1 is 1.00 bits per heavy atom. The molecule has 0 radical (unpaired) electrons. The molecule has 1 aromatic heterocycles. The summed E-state index contributed by atoms with van der Waals surface area (Å²) in [4.78, 5) is 16.0. The summed E-state index contributed by atoms with van der Waals surface area (Å²) in [5.74, 6) is -0.601. The Bertz CT molecular complexity index is 983. The fraction of sp³-hybridized carbons (Fsp3) is 0.100. The Labute approximate surface area is 157 Å². The molecule has 6 nitrogen and oxygen atoms in total. The molecule has 3 rings (SSSR count). The average Bonchev–Trinajstić information content (AvgIpc) is 2.73. The van der Waals surface area contributed by atoms with Crippen LogP contribution in [-0.4, -0.2) is 26.5 Å². The lowest BCUT2D eigenvalue weighted by Gasteiger charge is -2.19. The standard InChI is InChI=1S/C20H18N2O4S/c1-26-20(23)16-10-7-11-17(14-16)27(24,25)22-19(15-8-3-2-4-9-15)18-12-5-6-13-21-18/h2-14,19,22H,1H3. The SMILES string of the molecule is COC(=O)c1cccc(S(=O)(=O)NC(c2ccccc2)c2ccccn2)c1. The number of hydrogen-bond acceptors (Lipinski definition) is 5. The van der Waals surface area contributed by atoms with Gasteiger partial charge in [-0.15, -0.1) is 0 Å². The molecule has 3 aromatic rings. The summed E-state index contributed by atoms with van der Waals surface area (Å²) in [5.41, 5.74) is 1.48. The van der Waals surface area contributed by atoms with Crippen LogP contribution in [0.4, 0.5) is 0 Å². The lowest BCUT2D eigenvalue weighted by atomic mass is 10.0. The summed E-state index contributed by atoms with van der Waals surface area (Å²) in [6.45, 7) is 0. The van der Waals surface area contributed by atoms with E-state index in [0.29, 0.717) is 5.69 Å². The van der Waals surface area contributed by atoms with E-state index in [9.17, 15) is 13.2 Å². The van der Waals surface area contributed by atoms with E-state index in [1.807, 2.05) is 30.3 Å². The van der Waals surface area contributed by atoms with Gasteiger partial charge in [-0.05, 0) is 35.9 Å². The van der Waals surface area contributed by atoms with Gasteiger partial charge in [0.2, 0.25) is 10.0 Å². The number of nitrogens with one attached hydrogen (secondary N) is 1. The molecule has 1 heterocycles. The molecular weight excluding hydrogens is 364 g/mol. The third-order valence-corrected chi connectivity index (χ3v) is 5.38. The Morgan fingerprint density at radius 2 is 1.74 bits per heavy atom. The number of methoxy groups -OCH3 is 1. The molecule has 0 fully saturated rings. The average molecular weight is 382 g/mol. The molecule has 0 saturated carbocycles. The summed E-state index contributed by atoms with van der Waals surface area (Å²) >= 11 is 0. The molecule has 0 saturated heterocycles. The van der Waals surface area contributed by atoms with Gasteiger partial charge >= 0.3 is 5.97 Å². The number of esters is 1. The number of aromatic nitrogens is 1. The lowest BCUT2D eigenvalue weighted by molar-refractivity contribution is 0.0600. The van der Waals surface area contributed by atoms with E-state index in [1.165, 1.54) is 31.4 Å². The van der Waals surface area contributed by atoms with Crippen molar-refractivity contribution in [1.82, 2.24) is 9.71 Å². The summed E-state index contributed by atoms with van der Waals surface area (Å²) in [6.07, 6.45) is 1.61. The van der Waals surface area contributed by atoms with Crippen LogP contribution in [0, 0.1) is 0 Å². The molecular formula is C20H18N2O4S. The summed E-state index contributed by atoms with van der Waals surface area (Å²) in [6, 6.07) is 19.5. The van der Waals surface area contributed by atoms with Gasteiger partial charge in [0.25, 0.3) is 0 Å². The maximum absolute atomic E-state index is 13.0. The van der Waals surface area contributed by atoms with Gasteiger partial charge in [0.05, 0.1) is 29.3 Å². The van der Waals surface area contributed by atoms with Gasteiger partial charge in [-0.2, -0.15) is 4.72 Å². The van der Waals surface area contributed by atoms with Gasteiger partial charge < -0.3 is 4.74 Å². The van der Waals surface area contributed by atoms with Gasteiger partial charge in [-0.1, -0.05) is 42.5 Å². The molecule has 0 amide bonds. The number of nitrogens with zero attached hydrogens (tertiary/aromatic N) is 1. The monoisotopic (exact) mass is 382 g/mol. The van der Waals surface area contributed by atoms with Crippen molar-refractivity contribution in [1.29, 1.82) is 0 Å². The fourth-order valence-electron chi connectivity index (χ4n) is 2.62. The van der Waals surface area contributed by atoms with Crippen LogP contribution >= 0.6 is 0 Å². The van der Waals surface area contributed by atoms with E-state index in [4.69, 9.17) is 0 Å². The van der Waals surface area contributed by atoms with Gasteiger partial charge in [-0.3, -0.25) is 4.98 Å². The first-order valence-electron chi connectivity index (χ1n) is 8.18. The van der Waals surface area contributed by atoms with Crippen LogP contribution in [0.5, 0.6) is 0 Å². The van der Waals surface area contributed by atoms with Crippen molar-refractivity contribution in [2.45, 2.75) is 10.9 Å².